The van der Waals surface area contributed by atoms with Crippen LogP contribution in [0.3, 0.4) is 0 Å². The number of ether oxygens (including phenoxy) is 3. The summed E-state index contributed by atoms with van der Waals surface area (Å²) >= 11 is 0. The molecule has 2 aliphatic heterocycles. The predicted octanol–water partition coefficient (Wildman–Crippen LogP) is 6.52. The Balaban J connectivity index is 1.27. The third-order valence-electron chi connectivity index (χ3n) is 6.54. The highest BCUT2D eigenvalue weighted by atomic mass is 16.5. The largest absolute Gasteiger partial charge is 0.497 e. The maximum absolute atomic E-state index is 6.48. The number of benzene rings is 4. The minimum atomic E-state index is -0.311. The Bertz CT molecular complexity index is 1330. The van der Waals surface area contributed by atoms with Crippen molar-refractivity contribution in [3.05, 3.63) is 125 Å². The van der Waals surface area contributed by atoms with Gasteiger partial charge in [-0.1, -0.05) is 48.5 Å². The van der Waals surface area contributed by atoms with Crippen molar-refractivity contribution in [2.24, 2.45) is 5.10 Å². The van der Waals surface area contributed by atoms with E-state index in [4.69, 9.17) is 19.3 Å². The number of fused-ring (bicyclic) bond motifs is 3. The summed E-state index contributed by atoms with van der Waals surface area (Å²) in [5, 5.41) is 7.14. The van der Waals surface area contributed by atoms with Crippen molar-refractivity contribution in [1.82, 2.24) is 5.01 Å². The molecule has 6 rings (SSSR count). The van der Waals surface area contributed by atoms with Crippen molar-refractivity contribution < 1.29 is 14.2 Å². The van der Waals surface area contributed by atoms with E-state index >= 15 is 0 Å². The Hall–Kier alpha value is -4.25. The molecule has 2 heterocycles. The van der Waals surface area contributed by atoms with Crippen molar-refractivity contribution >= 4 is 5.71 Å². The zero-order valence-corrected chi connectivity index (χ0v) is 19.5. The van der Waals surface area contributed by atoms with Crippen LogP contribution in [0, 0.1) is 0 Å². The molecule has 0 amide bonds. The summed E-state index contributed by atoms with van der Waals surface area (Å²) in [5.74, 6) is 2.58. The summed E-state index contributed by atoms with van der Waals surface area (Å²) in [6, 6.07) is 34.8. The molecule has 0 radical (unpaired) electrons. The quantitative estimate of drug-likeness (QED) is 0.327. The monoisotopic (exact) mass is 462 g/mol. The van der Waals surface area contributed by atoms with Gasteiger partial charge < -0.3 is 14.2 Å². The van der Waals surface area contributed by atoms with Crippen molar-refractivity contribution in [3.8, 4) is 17.2 Å². The van der Waals surface area contributed by atoms with Crippen LogP contribution in [-0.2, 0) is 6.61 Å². The summed E-state index contributed by atoms with van der Waals surface area (Å²) in [7, 11) is 1.68. The highest BCUT2D eigenvalue weighted by Gasteiger charge is 2.40. The standard InChI is InChI=1S/C30H26N2O3/c1-33-24-15-11-22(12-16-24)27-19-28-26-9-5-6-10-29(26)35-30(32(28)31-27)23-13-17-25(18-14-23)34-20-21-7-3-2-4-8-21/h2-18,28,30H,19-20H2,1H3. The van der Waals surface area contributed by atoms with Crippen LogP contribution in [0.5, 0.6) is 17.2 Å². The van der Waals surface area contributed by atoms with Crippen LogP contribution in [0.4, 0.5) is 0 Å². The third kappa shape index (κ3) is 4.21. The van der Waals surface area contributed by atoms with Gasteiger partial charge in [-0.15, -0.1) is 0 Å². The number of rotatable bonds is 6. The molecule has 35 heavy (non-hydrogen) atoms. The Morgan fingerprint density at radius 3 is 2.31 bits per heavy atom. The Morgan fingerprint density at radius 1 is 0.829 bits per heavy atom. The second-order valence-electron chi connectivity index (χ2n) is 8.73. The lowest BCUT2D eigenvalue weighted by Crippen LogP contribution is -2.33. The second-order valence-corrected chi connectivity index (χ2v) is 8.73. The molecule has 0 spiro atoms. The van der Waals surface area contributed by atoms with Gasteiger partial charge in [0.25, 0.3) is 0 Å². The molecule has 2 aliphatic rings. The van der Waals surface area contributed by atoms with E-state index in [1.165, 1.54) is 5.56 Å². The fraction of sp³-hybridized carbons (Fsp3) is 0.167. The van der Waals surface area contributed by atoms with Crippen molar-refractivity contribution in [2.45, 2.75) is 25.3 Å². The van der Waals surface area contributed by atoms with E-state index in [0.29, 0.717) is 6.61 Å². The zero-order chi connectivity index (χ0) is 23.6. The lowest BCUT2D eigenvalue weighted by molar-refractivity contribution is -0.0190. The smallest absolute Gasteiger partial charge is 0.213 e. The average molecular weight is 463 g/mol. The van der Waals surface area contributed by atoms with Gasteiger partial charge in [-0.3, -0.25) is 0 Å². The molecule has 4 aromatic rings. The SMILES string of the molecule is COc1ccc(C2=NN3C(C2)c2ccccc2OC3c2ccc(OCc3ccccc3)cc2)cc1. The van der Waals surface area contributed by atoms with Crippen LogP contribution in [0.25, 0.3) is 0 Å². The second kappa shape index (κ2) is 9.18. The molecule has 0 N–H and O–H groups in total. The Morgan fingerprint density at radius 2 is 1.54 bits per heavy atom. The molecule has 4 aromatic carbocycles. The molecule has 5 nitrogen and oxygen atoms in total. The van der Waals surface area contributed by atoms with Crippen LogP contribution in [0.15, 0.2) is 108 Å². The number of para-hydroxylation sites is 1. The minimum absolute atomic E-state index is 0.121. The molecule has 0 saturated heterocycles. The van der Waals surface area contributed by atoms with Gasteiger partial charge in [0.05, 0.1) is 18.9 Å². The van der Waals surface area contributed by atoms with Gasteiger partial charge in [-0.25, -0.2) is 5.01 Å². The van der Waals surface area contributed by atoms with E-state index in [0.717, 1.165) is 46.1 Å². The van der Waals surface area contributed by atoms with E-state index in [1.807, 2.05) is 54.6 Å². The van der Waals surface area contributed by atoms with Gasteiger partial charge in [0.15, 0.2) is 0 Å². The minimum Gasteiger partial charge on any atom is -0.497 e. The van der Waals surface area contributed by atoms with Gasteiger partial charge in [0.2, 0.25) is 6.23 Å². The van der Waals surface area contributed by atoms with Crippen LogP contribution in [-0.4, -0.2) is 17.8 Å². The highest BCUT2D eigenvalue weighted by molar-refractivity contribution is 6.02. The summed E-state index contributed by atoms with van der Waals surface area (Å²) in [4.78, 5) is 0. The van der Waals surface area contributed by atoms with Gasteiger partial charge in [-0.05, 0) is 65.7 Å². The van der Waals surface area contributed by atoms with E-state index in [9.17, 15) is 0 Å². The average Bonchev–Trinajstić information content (AvgIpc) is 3.38. The molecule has 174 valence electrons. The Labute approximate surface area is 205 Å². The van der Waals surface area contributed by atoms with Crippen molar-refractivity contribution in [3.63, 3.8) is 0 Å². The number of hydrogen-bond acceptors (Lipinski definition) is 5. The molecular weight excluding hydrogens is 436 g/mol. The maximum atomic E-state index is 6.48. The molecular formula is C30H26N2O3. The lowest BCUT2D eigenvalue weighted by Gasteiger charge is -2.38. The molecule has 5 heteroatoms. The molecule has 0 aliphatic carbocycles. The third-order valence-corrected chi connectivity index (χ3v) is 6.54. The predicted molar refractivity (Wildman–Crippen MR) is 136 cm³/mol. The van der Waals surface area contributed by atoms with Crippen molar-refractivity contribution in [2.75, 3.05) is 7.11 Å². The first-order valence-corrected chi connectivity index (χ1v) is 11.8. The first-order chi connectivity index (χ1) is 17.3. The lowest BCUT2D eigenvalue weighted by atomic mass is 9.96. The van der Waals surface area contributed by atoms with E-state index < -0.39 is 0 Å². The Kier molecular flexibility index (Phi) is 5.59. The summed E-state index contributed by atoms with van der Waals surface area (Å²) < 4.78 is 17.8. The molecule has 2 unspecified atom stereocenters. The summed E-state index contributed by atoms with van der Waals surface area (Å²) in [6.07, 6.45) is 0.510. The molecule has 0 saturated carbocycles. The number of hydrazone groups is 1. The maximum Gasteiger partial charge on any atom is 0.213 e. The van der Waals surface area contributed by atoms with E-state index in [1.54, 1.807) is 7.11 Å². The van der Waals surface area contributed by atoms with Crippen LogP contribution < -0.4 is 14.2 Å². The number of hydrogen-bond donors (Lipinski definition) is 0. The normalized spacial score (nSPS) is 18.2. The first-order valence-electron chi connectivity index (χ1n) is 11.8. The van der Waals surface area contributed by atoms with Crippen LogP contribution in [0.1, 0.15) is 40.9 Å². The van der Waals surface area contributed by atoms with Crippen molar-refractivity contribution in [1.29, 1.82) is 0 Å². The molecule has 2 atom stereocenters. The van der Waals surface area contributed by atoms with Gasteiger partial charge in [0.1, 0.15) is 23.9 Å². The molecule has 0 bridgehead atoms. The highest BCUT2D eigenvalue weighted by Crippen LogP contribution is 2.47. The number of methoxy groups -OCH3 is 1. The fourth-order valence-electron chi connectivity index (χ4n) is 4.68. The zero-order valence-electron chi connectivity index (χ0n) is 19.5. The summed E-state index contributed by atoms with van der Waals surface area (Å²) in [5.41, 5.74) is 5.49. The summed E-state index contributed by atoms with van der Waals surface area (Å²) in [6.45, 7) is 0.539. The van der Waals surface area contributed by atoms with E-state index in [2.05, 4.69) is 53.5 Å². The van der Waals surface area contributed by atoms with Gasteiger partial charge >= 0.3 is 0 Å². The molecule has 0 aromatic heterocycles. The fourth-order valence-corrected chi connectivity index (χ4v) is 4.68. The van der Waals surface area contributed by atoms with Crippen LogP contribution in [0.2, 0.25) is 0 Å². The van der Waals surface area contributed by atoms with Gasteiger partial charge in [0, 0.05) is 17.5 Å². The first kappa shape index (κ1) is 21.3. The molecule has 0 fully saturated rings. The topological polar surface area (TPSA) is 43.3 Å². The van der Waals surface area contributed by atoms with E-state index in [-0.39, 0.29) is 12.3 Å². The van der Waals surface area contributed by atoms with Crippen LogP contribution >= 0.6 is 0 Å². The number of nitrogens with zero attached hydrogens (tertiary/aromatic N) is 2. The van der Waals surface area contributed by atoms with Gasteiger partial charge in [-0.2, -0.15) is 5.10 Å².